The summed E-state index contributed by atoms with van der Waals surface area (Å²) in [5.74, 6) is 2.33. The number of aryl methyl sites for hydroxylation is 1. The van der Waals surface area contributed by atoms with Gasteiger partial charge in [-0.3, -0.25) is 4.99 Å². The lowest BCUT2D eigenvalue weighted by molar-refractivity contribution is 0.131. The summed E-state index contributed by atoms with van der Waals surface area (Å²) in [6.45, 7) is 5.96. The second-order valence-corrected chi connectivity index (χ2v) is 7.19. The Kier molecular flexibility index (Phi) is 9.37. The molecular weight excluding hydrogens is 358 g/mol. The van der Waals surface area contributed by atoms with Crippen molar-refractivity contribution in [1.29, 1.82) is 0 Å². The van der Waals surface area contributed by atoms with Crippen molar-refractivity contribution in [3.05, 3.63) is 23.8 Å². The topological polar surface area (TPSA) is 84.3 Å². The van der Waals surface area contributed by atoms with Crippen LogP contribution in [0.4, 0.5) is 0 Å². The molecule has 1 aliphatic rings. The van der Waals surface area contributed by atoms with Crippen molar-refractivity contribution in [1.82, 2.24) is 10.6 Å². The Morgan fingerprint density at radius 2 is 2.07 bits per heavy atom. The zero-order valence-corrected chi connectivity index (χ0v) is 17.4. The lowest BCUT2D eigenvalue weighted by Crippen LogP contribution is -2.39. The highest BCUT2D eigenvalue weighted by Crippen LogP contribution is 2.32. The van der Waals surface area contributed by atoms with Crippen LogP contribution in [0.3, 0.4) is 0 Å². The van der Waals surface area contributed by atoms with Crippen molar-refractivity contribution < 1.29 is 19.3 Å². The fourth-order valence-corrected chi connectivity index (χ4v) is 3.41. The van der Waals surface area contributed by atoms with Crippen LogP contribution in [-0.4, -0.2) is 64.7 Å². The summed E-state index contributed by atoms with van der Waals surface area (Å²) >= 11 is 0. The maximum atomic E-state index is 9.36. The van der Waals surface area contributed by atoms with Gasteiger partial charge in [0.2, 0.25) is 0 Å². The number of hydrogen-bond acceptors (Lipinski definition) is 5. The number of guanidine groups is 1. The third kappa shape index (κ3) is 6.56. The molecule has 3 N–H and O–H groups in total. The first-order valence-corrected chi connectivity index (χ1v) is 10.1. The number of nitrogens with one attached hydrogen (secondary N) is 2. The van der Waals surface area contributed by atoms with Gasteiger partial charge in [0.05, 0.1) is 27.4 Å². The van der Waals surface area contributed by atoms with Gasteiger partial charge in [0.25, 0.3) is 0 Å². The molecule has 2 rings (SSSR count). The van der Waals surface area contributed by atoms with Gasteiger partial charge in [-0.15, -0.1) is 0 Å². The van der Waals surface area contributed by atoms with Crippen molar-refractivity contribution in [2.24, 2.45) is 10.4 Å². The van der Waals surface area contributed by atoms with E-state index in [9.17, 15) is 5.11 Å². The van der Waals surface area contributed by atoms with Crippen molar-refractivity contribution >= 4 is 5.96 Å². The van der Waals surface area contributed by atoms with E-state index in [1.165, 1.54) is 5.56 Å². The van der Waals surface area contributed by atoms with Crippen molar-refractivity contribution in [3.63, 3.8) is 0 Å². The number of hydrogen-bond donors (Lipinski definition) is 3. The highest BCUT2D eigenvalue weighted by atomic mass is 16.5. The zero-order chi connectivity index (χ0) is 20.2. The van der Waals surface area contributed by atoms with Gasteiger partial charge in [0.15, 0.2) is 17.5 Å². The van der Waals surface area contributed by atoms with Crippen LogP contribution in [0.25, 0.3) is 0 Å². The molecule has 1 aliphatic heterocycles. The molecule has 1 saturated heterocycles. The summed E-state index contributed by atoms with van der Waals surface area (Å²) in [4.78, 5) is 4.75. The van der Waals surface area contributed by atoms with Gasteiger partial charge >= 0.3 is 0 Å². The quantitative estimate of drug-likeness (QED) is 0.303. The number of benzene rings is 1. The normalized spacial score (nSPS) is 19.5. The number of ether oxygens (including phenoxy) is 3. The first-order valence-electron chi connectivity index (χ1n) is 10.1. The number of rotatable bonds is 11. The van der Waals surface area contributed by atoms with E-state index in [2.05, 4.69) is 23.6 Å². The summed E-state index contributed by atoms with van der Waals surface area (Å²) in [7, 11) is 3.30. The monoisotopic (exact) mass is 393 g/mol. The van der Waals surface area contributed by atoms with Crippen LogP contribution < -0.4 is 20.1 Å². The van der Waals surface area contributed by atoms with Gasteiger partial charge in [-0.05, 0) is 50.3 Å². The van der Waals surface area contributed by atoms with Crippen LogP contribution in [0.15, 0.2) is 23.2 Å². The molecule has 158 valence electrons. The van der Waals surface area contributed by atoms with Crippen molar-refractivity contribution in [2.75, 3.05) is 53.7 Å². The molecule has 1 aromatic rings. The molecule has 7 nitrogen and oxygen atoms in total. The molecule has 1 unspecified atom stereocenters. The van der Waals surface area contributed by atoms with Crippen LogP contribution in [0.5, 0.6) is 11.5 Å². The van der Waals surface area contributed by atoms with Crippen LogP contribution in [-0.2, 0) is 11.2 Å². The molecule has 0 radical (unpaired) electrons. The average Bonchev–Trinajstić information content (AvgIpc) is 3.18. The lowest BCUT2D eigenvalue weighted by Gasteiger charge is -2.24. The molecule has 1 fully saturated rings. The van der Waals surface area contributed by atoms with Crippen LogP contribution in [0.1, 0.15) is 31.7 Å². The van der Waals surface area contributed by atoms with Gasteiger partial charge < -0.3 is 30.0 Å². The minimum Gasteiger partial charge on any atom is -0.493 e. The van der Waals surface area contributed by atoms with E-state index in [0.717, 1.165) is 62.8 Å². The second-order valence-electron chi connectivity index (χ2n) is 7.19. The van der Waals surface area contributed by atoms with Crippen molar-refractivity contribution in [2.45, 2.75) is 32.6 Å². The molecule has 0 aliphatic carbocycles. The Morgan fingerprint density at radius 3 is 2.71 bits per heavy atom. The zero-order valence-electron chi connectivity index (χ0n) is 17.4. The average molecular weight is 394 g/mol. The molecule has 1 heterocycles. The van der Waals surface area contributed by atoms with Gasteiger partial charge in [0, 0.05) is 31.7 Å². The highest BCUT2D eigenvalue weighted by Gasteiger charge is 2.34. The Balaban J connectivity index is 1.84. The Morgan fingerprint density at radius 1 is 1.25 bits per heavy atom. The summed E-state index contributed by atoms with van der Waals surface area (Å²) in [6, 6.07) is 6.04. The van der Waals surface area contributed by atoms with Gasteiger partial charge in [-0.1, -0.05) is 6.07 Å². The second kappa shape index (κ2) is 11.8. The lowest BCUT2D eigenvalue weighted by atomic mass is 9.84. The predicted octanol–water partition coefficient (Wildman–Crippen LogP) is 1.98. The fraction of sp³-hybridized carbons (Fsp3) is 0.667. The van der Waals surface area contributed by atoms with Gasteiger partial charge in [-0.25, -0.2) is 0 Å². The summed E-state index contributed by atoms with van der Waals surface area (Å²) in [5.41, 5.74) is 1.18. The molecule has 0 saturated carbocycles. The Bertz CT molecular complexity index is 616. The molecule has 1 aromatic carbocycles. The van der Waals surface area contributed by atoms with Gasteiger partial charge in [-0.2, -0.15) is 0 Å². The molecule has 0 bridgehead atoms. The summed E-state index contributed by atoms with van der Waals surface area (Å²) in [6.07, 6.45) is 3.60. The Hall–Kier alpha value is -1.99. The molecular formula is C21H35N3O4. The smallest absolute Gasteiger partial charge is 0.191 e. The number of methoxy groups -OCH3 is 2. The molecule has 28 heavy (non-hydrogen) atoms. The summed E-state index contributed by atoms with van der Waals surface area (Å²) < 4.78 is 16.2. The maximum absolute atomic E-state index is 9.36. The number of aliphatic hydroxyl groups is 1. The van der Waals surface area contributed by atoms with E-state index in [-0.39, 0.29) is 12.0 Å². The van der Waals surface area contributed by atoms with E-state index in [4.69, 9.17) is 19.2 Å². The minimum absolute atomic E-state index is 0.0310. The summed E-state index contributed by atoms with van der Waals surface area (Å²) in [5, 5.41) is 16.1. The Labute approximate surface area is 168 Å². The molecule has 7 heteroatoms. The van der Waals surface area contributed by atoms with E-state index >= 15 is 0 Å². The number of aliphatic imine (C=N–C) groups is 1. The van der Waals surface area contributed by atoms with Crippen LogP contribution in [0.2, 0.25) is 0 Å². The van der Waals surface area contributed by atoms with Gasteiger partial charge in [0.1, 0.15) is 0 Å². The van der Waals surface area contributed by atoms with E-state index < -0.39 is 0 Å². The largest absolute Gasteiger partial charge is 0.493 e. The van der Waals surface area contributed by atoms with Crippen molar-refractivity contribution in [3.8, 4) is 11.5 Å². The number of nitrogens with zero attached hydrogens (tertiary/aromatic N) is 1. The SMILES string of the molecule is CCNC(=NCC1(CCO)CCOC1)NCCCc1ccc(OC)c(OC)c1. The maximum Gasteiger partial charge on any atom is 0.191 e. The van der Waals surface area contributed by atoms with E-state index in [0.29, 0.717) is 13.2 Å². The first kappa shape index (κ1) is 22.3. The van der Waals surface area contributed by atoms with Crippen LogP contribution in [0, 0.1) is 5.41 Å². The molecule has 0 spiro atoms. The van der Waals surface area contributed by atoms with E-state index in [1.807, 2.05) is 12.1 Å². The minimum atomic E-state index is -0.0310. The third-order valence-corrected chi connectivity index (χ3v) is 5.13. The van der Waals surface area contributed by atoms with Crippen LogP contribution >= 0.6 is 0 Å². The predicted molar refractivity (Wildman–Crippen MR) is 111 cm³/mol. The van der Waals surface area contributed by atoms with E-state index in [1.54, 1.807) is 14.2 Å². The standard InChI is InChI=1S/C21H35N3O4/c1-4-22-20(24-15-21(9-12-25)10-13-28-16-21)23-11-5-6-17-7-8-18(26-2)19(14-17)27-3/h7-8,14,25H,4-6,9-13,15-16H2,1-3H3,(H2,22,23,24). The first-order chi connectivity index (χ1) is 13.7. The number of aliphatic hydroxyl groups excluding tert-OH is 1. The third-order valence-electron chi connectivity index (χ3n) is 5.13. The molecule has 0 amide bonds. The molecule has 0 aromatic heterocycles. The fourth-order valence-electron chi connectivity index (χ4n) is 3.41. The highest BCUT2D eigenvalue weighted by molar-refractivity contribution is 5.79. The molecule has 1 atom stereocenters.